The summed E-state index contributed by atoms with van der Waals surface area (Å²) in [6.07, 6.45) is 1.60. The molecule has 0 unspecified atom stereocenters. The Morgan fingerprint density at radius 2 is 1.48 bits per heavy atom. The molecule has 5 aromatic rings. The number of benzene rings is 4. The van der Waals surface area contributed by atoms with Crippen molar-refractivity contribution in [3.8, 4) is 34.0 Å². The molecule has 0 spiro atoms. The summed E-state index contributed by atoms with van der Waals surface area (Å²) in [5.74, 6) is 2.30. The van der Waals surface area contributed by atoms with E-state index in [1.807, 2.05) is 66.7 Å². The Balaban J connectivity index is 1.36. The predicted octanol–water partition coefficient (Wildman–Crippen LogP) is 7.26. The van der Waals surface area contributed by atoms with E-state index in [9.17, 15) is 8.42 Å². The smallest absolute Gasteiger partial charge is 0.241 e. The Hall–Kier alpha value is -3.79. The number of nitrogens with zero attached hydrogens (tertiary/aromatic N) is 2. The van der Waals surface area contributed by atoms with E-state index < -0.39 is 10.0 Å². The highest BCUT2D eigenvalue weighted by Gasteiger charge is 2.21. The van der Waals surface area contributed by atoms with E-state index in [4.69, 9.17) is 14.5 Å². The predicted molar refractivity (Wildman–Crippen MR) is 171 cm³/mol. The van der Waals surface area contributed by atoms with Crippen LogP contribution in [-0.4, -0.2) is 44.5 Å². The molecular formula is C33H35N3O4S2. The fraction of sp³-hybridized carbons (Fsp3) is 0.242. The lowest BCUT2D eigenvalue weighted by atomic mass is 10.0. The fourth-order valence-electron chi connectivity index (χ4n) is 4.92. The highest BCUT2D eigenvalue weighted by molar-refractivity contribution is 7.99. The van der Waals surface area contributed by atoms with E-state index in [0.29, 0.717) is 23.6 Å². The monoisotopic (exact) mass is 601 g/mol. The number of hydrogen-bond acceptors (Lipinski definition) is 6. The van der Waals surface area contributed by atoms with Crippen molar-refractivity contribution in [3.63, 3.8) is 0 Å². The molecule has 0 saturated carbocycles. The molecule has 1 N–H and O–H groups in total. The highest BCUT2D eigenvalue weighted by atomic mass is 32.2. The first-order valence-corrected chi connectivity index (χ1v) is 16.4. The van der Waals surface area contributed by atoms with Gasteiger partial charge in [-0.05, 0) is 72.8 Å². The number of sulfonamides is 1. The maximum atomic E-state index is 13.1. The molecule has 0 radical (unpaired) electrons. The van der Waals surface area contributed by atoms with Crippen LogP contribution < -0.4 is 14.2 Å². The third-order valence-corrected chi connectivity index (χ3v) is 9.57. The summed E-state index contributed by atoms with van der Waals surface area (Å²) >= 11 is 1.64. The van der Waals surface area contributed by atoms with Crippen molar-refractivity contribution < 1.29 is 17.9 Å². The molecule has 0 saturated heterocycles. The lowest BCUT2D eigenvalue weighted by Crippen LogP contribution is -2.25. The van der Waals surface area contributed by atoms with Crippen LogP contribution in [-0.2, 0) is 16.6 Å². The van der Waals surface area contributed by atoms with Crippen LogP contribution in [0.1, 0.15) is 19.8 Å². The number of ether oxygens (including phenoxy) is 2. The number of thioether (sulfide) groups is 1. The van der Waals surface area contributed by atoms with Crippen LogP contribution in [0, 0.1) is 0 Å². The van der Waals surface area contributed by atoms with E-state index in [2.05, 4.69) is 28.3 Å². The maximum absolute atomic E-state index is 13.1. The zero-order chi connectivity index (χ0) is 29.5. The van der Waals surface area contributed by atoms with Gasteiger partial charge in [-0.3, -0.25) is 0 Å². The lowest BCUT2D eigenvalue weighted by Gasteiger charge is -2.13. The van der Waals surface area contributed by atoms with E-state index in [1.54, 1.807) is 38.1 Å². The molecule has 0 atom stereocenters. The molecule has 0 bridgehead atoms. The summed E-state index contributed by atoms with van der Waals surface area (Å²) in [5.41, 5.74) is 4.00. The minimum atomic E-state index is -3.64. The summed E-state index contributed by atoms with van der Waals surface area (Å²) in [6.45, 7) is 3.30. The average molecular weight is 602 g/mol. The highest BCUT2D eigenvalue weighted by Crippen LogP contribution is 2.37. The lowest BCUT2D eigenvalue weighted by molar-refractivity contribution is 0.414. The number of nitrogens with one attached hydrogen (secondary N) is 1. The van der Waals surface area contributed by atoms with E-state index in [0.717, 1.165) is 62.9 Å². The second-order valence-electron chi connectivity index (χ2n) is 9.78. The van der Waals surface area contributed by atoms with E-state index >= 15 is 0 Å². The molecular weight excluding hydrogens is 567 g/mol. The van der Waals surface area contributed by atoms with Crippen LogP contribution >= 0.6 is 11.8 Å². The Kier molecular flexibility index (Phi) is 9.51. The molecule has 0 aliphatic carbocycles. The molecule has 7 nitrogen and oxygen atoms in total. The summed E-state index contributed by atoms with van der Waals surface area (Å²) in [4.78, 5) is 5.42. The normalized spacial score (nSPS) is 11.6. The molecule has 0 aliphatic heterocycles. The quantitative estimate of drug-likeness (QED) is 0.113. The second-order valence-corrected chi connectivity index (χ2v) is 12.6. The third-order valence-electron chi connectivity index (χ3n) is 6.99. The van der Waals surface area contributed by atoms with Gasteiger partial charge in [0.15, 0.2) is 5.16 Å². The van der Waals surface area contributed by atoms with Crippen molar-refractivity contribution in [2.45, 2.75) is 36.4 Å². The second kappa shape index (κ2) is 13.5. The molecule has 1 heterocycles. The minimum absolute atomic E-state index is 0.306. The van der Waals surface area contributed by atoms with Crippen LogP contribution in [0.25, 0.3) is 33.3 Å². The zero-order valence-corrected chi connectivity index (χ0v) is 25.7. The van der Waals surface area contributed by atoms with Crippen molar-refractivity contribution in [3.05, 3.63) is 91.0 Å². The Morgan fingerprint density at radius 1 is 0.833 bits per heavy atom. The molecule has 0 fully saturated rings. The summed E-state index contributed by atoms with van der Waals surface area (Å²) < 4.78 is 42.1. The van der Waals surface area contributed by atoms with E-state index in [1.165, 1.54) is 0 Å². The minimum Gasteiger partial charge on any atom is -0.497 e. The van der Waals surface area contributed by atoms with Gasteiger partial charge in [0.25, 0.3) is 0 Å². The topological polar surface area (TPSA) is 82.5 Å². The van der Waals surface area contributed by atoms with Gasteiger partial charge in [-0.2, -0.15) is 0 Å². The molecule has 0 amide bonds. The van der Waals surface area contributed by atoms with Crippen LogP contribution in [0.3, 0.4) is 0 Å². The van der Waals surface area contributed by atoms with Crippen molar-refractivity contribution in [2.24, 2.45) is 0 Å². The standard InChI is InChI=1S/C33H35N3O4S2/c1-4-22-36-32(26-15-19-28(40-3)20-16-26)31(25-13-17-27(39-2)18-14-25)35-33(36)41-23-8-21-34-42(37,38)30-12-7-10-24-9-5-6-11-29(24)30/h5-7,9-20,34H,4,8,21-23H2,1-3H3. The van der Waals surface area contributed by atoms with Crippen LogP contribution in [0.2, 0.25) is 0 Å². The average Bonchev–Trinajstić information content (AvgIpc) is 3.38. The summed E-state index contributed by atoms with van der Waals surface area (Å²) in [6, 6.07) is 28.9. The van der Waals surface area contributed by atoms with Gasteiger partial charge in [-0.25, -0.2) is 18.1 Å². The van der Waals surface area contributed by atoms with Gasteiger partial charge in [-0.15, -0.1) is 0 Å². The number of rotatable bonds is 13. The molecule has 9 heteroatoms. The van der Waals surface area contributed by atoms with Gasteiger partial charge in [0.05, 0.1) is 30.5 Å². The Labute approximate surface area is 252 Å². The largest absolute Gasteiger partial charge is 0.497 e. The SMILES string of the molecule is CCCn1c(SCCCNS(=O)(=O)c2cccc3ccccc23)nc(-c2ccc(OC)cc2)c1-c1ccc(OC)cc1. The zero-order valence-electron chi connectivity index (χ0n) is 24.0. The maximum Gasteiger partial charge on any atom is 0.241 e. The van der Waals surface area contributed by atoms with Gasteiger partial charge in [-0.1, -0.05) is 55.1 Å². The van der Waals surface area contributed by atoms with Crippen molar-refractivity contribution in [1.82, 2.24) is 14.3 Å². The first kappa shape index (κ1) is 29.7. The van der Waals surface area contributed by atoms with Crippen molar-refractivity contribution in [2.75, 3.05) is 26.5 Å². The van der Waals surface area contributed by atoms with Gasteiger partial charge in [0.1, 0.15) is 11.5 Å². The number of fused-ring (bicyclic) bond motifs is 1. The van der Waals surface area contributed by atoms with Gasteiger partial charge in [0, 0.05) is 35.4 Å². The molecule has 42 heavy (non-hydrogen) atoms. The molecule has 218 valence electrons. The van der Waals surface area contributed by atoms with Gasteiger partial charge in [0.2, 0.25) is 10.0 Å². The number of hydrogen-bond donors (Lipinski definition) is 1. The fourth-order valence-corrected chi connectivity index (χ4v) is 7.18. The number of methoxy groups -OCH3 is 2. The Morgan fingerprint density at radius 3 is 2.14 bits per heavy atom. The first-order valence-electron chi connectivity index (χ1n) is 13.9. The third kappa shape index (κ3) is 6.48. The van der Waals surface area contributed by atoms with Crippen molar-refractivity contribution >= 4 is 32.6 Å². The first-order chi connectivity index (χ1) is 20.4. The van der Waals surface area contributed by atoms with E-state index in [-0.39, 0.29) is 0 Å². The summed E-state index contributed by atoms with van der Waals surface area (Å²) in [5, 5.41) is 2.53. The van der Waals surface area contributed by atoms with Gasteiger partial charge >= 0.3 is 0 Å². The molecule has 4 aromatic carbocycles. The van der Waals surface area contributed by atoms with Crippen LogP contribution in [0.15, 0.2) is 101 Å². The molecule has 1 aromatic heterocycles. The van der Waals surface area contributed by atoms with Crippen molar-refractivity contribution in [1.29, 1.82) is 0 Å². The Bertz CT molecular complexity index is 1740. The molecule has 0 aliphatic rings. The molecule has 5 rings (SSSR count). The van der Waals surface area contributed by atoms with Gasteiger partial charge < -0.3 is 14.0 Å². The van der Waals surface area contributed by atoms with Crippen LogP contribution in [0.4, 0.5) is 0 Å². The number of aromatic nitrogens is 2. The van der Waals surface area contributed by atoms with Crippen LogP contribution in [0.5, 0.6) is 11.5 Å². The summed E-state index contributed by atoms with van der Waals surface area (Å²) in [7, 11) is -0.315. The number of imidazole rings is 1.